The van der Waals surface area contributed by atoms with Crippen molar-refractivity contribution < 1.29 is 0 Å². The highest BCUT2D eigenvalue weighted by Crippen LogP contribution is 2.55. The van der Waals surface area contributed by atoms with Gasteiger partial charge in [0.1, 0.15) is 0 Å². The van der Waals surface area contributed by atoms with Crippen molar-refractivity contribution >= 4 is 17.1 Å². The molecule has 3 saturated carbocycles. The van der Waals surface area contributed by atoms with E-state index >= 15 is 0 Å². The molecule has 1 heteroatoms. The van der Waals surface area contributed by atoms with Crippen molar-refractivity contribution in [2.24, 2.45) is 11.8 Å². The fourth-order valence-corrected chi connectivity index (χ4v) is 10.1. The minimum absolute atomic E-state index is 0.0723. The van der Waals surface area contributed by atoms with Gasteiger partial charge in [0.05, 0.1) is 5.69 Å². The van der Waals surface area contributed by atoms with E-state index in [9.17, 15) is 0 Å². The Bertz CT molecular complexity index is 1910. The van der Waals surface area contributed by atoms with E-state index in [-0.39, 0.29) is 5.41 Å². The van der Waals surface area contributed by atoms with Crippen LogP contribution < -0.4 is 4.90 Å². The second-order valence-corrected chi connectivity index (χ2v) is 15.6. The summed E-state index contributed by atoms with van der Waals surface area (Å²) in [6.45, 7) is 4.81. The molecule has 5 aromatic carbocycles. The number of rotatable bonds is 6. The van der Waals surface area contributed by atoms with Crippen molar-refractivity contribution in [1.29, 1.82) is 0 Å². The summed E-state index contributed by atoms with van der Waals surface area (Å²) in [7, 11) is 0. The van der Waals surface area contributed by atoms with Crippen LogP contribution in [0.25, 0.3) is 22.3 Å². The van der Waals surface area contributed by atoms with Gasteiger partial charge < -0.3 is 4.90 Å². The average molecular weight is 614 g/mol. The number of anilines is 3. The molecule has 2 bridgehead atoms. The molecule has 0 spiro atoms. The van der Waals surface area contributed by atoms with E-state index in [2.05, 4.69) is 134 Å². The zero-order valence-electron chi connectivity index (χ0n) is 28.1. The Labute approximate surface area is 281 Å². The number of hydrogen-bond donors (Lipinski definition) is 0. The van der Waals surface area contributed by atoms with Gasteiger partial charge in [-0.05, 0) is 131 Å². The lowest BCUT2D eigenvalue weighted by Gasteiger charge is -2.32. The van der Waals surface area contributed by atoms with Crippen LogP contribution in [0, 0.1) is 11.8 Å². The zero-order chi connectivity index (χ0) is 31.5. The third kappa shape index (κ3) is 4.97. The van der Waals surface area contributed by atoms with E-state index in [1.165, 1.54) is 114 Å². The summed E-state index contributed by atoms with van der Waals surface area (Å²) in [4.78, 5) is 2.58. The Morgan fingerprint density at radius 3 is 2.11 bits per heavy atom. The lowest BCUT2D eigenvalue weighted by molar-refractivity contribution is 0.420. The first-order chi connectivity index (χ1) is 23.0. The first kappa shape index (κ1) is 29.1. The van der Waals surface area contributed by atoms with Gasteiger partial charge in [0, 0.05) is 22.4 Å². The minimum atomic E-state index is -0.0723. The quantitative estimate of drug-likeness (QED) is 0.184. The first-order valence-electron chi connectivity index (χ1n) is 18.4. The molecule has 0 N–H and O–H groups in total. The molecule has 47 heavy (non-hydrogen) atoms. The SMILES string of the molecule is CC1(C)c2ccccc2-c2cc(-c3ccccc3)c(N(c3ccc(C4CC5CCC4C5)cc3)c3cccc(C4CCCCC4)c3)cc21. The van der Waals surface area contributed by atoms with E-state index in [0.29, 0.717) is 5.92 Å². The van der Waals surface area contributed by atoms with Crippen LogP contribution in [-0.4, -0.2) is 0 Å². The van der Waals surface area contributed by atoms with Crippen molar-refractivity contribution in [3.8, 4) is 22.3 Å². The lowest BCUT2D eigenvalue weighted by atomic mass is 9.81. The molecule has 5 aromatic rings. The van der Waals surface area contributed by atoms with Crippen molar-refractivity contribution in [2.75, 3.05) is 4.90 Å². The summed E-state index contributed by atoms with van der Waals surface area (Å²) in [5.41, 5.74) is 14.9. The molecule has 3 fully saturated rings. The first-order valence-corrected chi connectivity index (χ1v) is 18.4. The Balaban J connectivity index is 1.24. The Hall–Kier alpha value is -4.10. The summed E-state index contributed by atoms with van der Waals surface area (Å²) in [5.74, 6) is 3.24. The predicted octanol–water partition coefficient (Wildman–Crippen LogP) is 13.1. The van der Waals surface area contributed by atoms with Gasteiger partial charge in [-0.15, -0.1) is 0 Å². The maximum atomic E-state index is 2.58. The number of benzene rings is 5. The summed E-state index contributed by atoms with van der Waals surface area (Å²) in [5, 5.41) is 0. The van der Waals surface area contributed by atoms with Crippen molar-refractivity contribution in [3.63, 3.8) is 0 Å². The lowest BCUT2D eigenvalue weighted by Crippen LogP contribution is -2.17. The number of hydrogen-bond acceptors (Lipinski definition) is 1. The van der Waals surface area contributed by atoms with Gasteiger partial charge in [-0.1, -0.05) is 118 Å². The third-order valence-corrected chi connectivity index (χ3v) is 12.5. The van der Waals surface area contributed by atoms with Crippen LogP contribution in [0.2, 0.25) is 0 Å². The van der Waals surface area contributed by atoms with Gasteiger partial charge in [-0.3, -0.25) is 0 Å². The summed E-state index contributed by atoms with van der Waals surface area (Å²) < 4.78 is 0. The molecular weight excluding hydrogens is 567 g/mol. The van der Waals surface area contributed by atoms with Crippen LogP contribution in [0.4, 0.5) is 17.1 Å². The Morgan fingerprint density at radius 2 is 1.34 bits per heavy atom. The van der Waals surface area contributed by atoms with Gasteiger partial charge in [-0.2, -0.15) is 0 Å². The second-order valence-electron chi connectivity index (χ2n) is 15.6. The van der Waals surface area contributed by atoms with Crippen LogP contribution >= 0.6 is 0 Å². The highest BCUT2D eigenvalue weighted by Gasteiger charge is 2.40. The highest BCUT2D eigenvalue weighted by molar-refractivity contribution is 5.94. The topological polar surface area (TPSA) is 3.24 Å². The molecule has 1 nitrogen and oxygen atoms in total. The maximum absolute atomic E-state index is 2.58. The molecule has 0 saturated heterocycles. The van der Waals surface area contributed by atoms with E-state index in [0.717, 1.165) is 17.8 Å². The van der Waals surface area contributed by atoms with Gasteiger partial charge in [0.15, 0.2) is 0 Å². The van der Waals surface area contributed by atoms with Crippen LogP contribution in [0.15, 0.2) is 115 Å². The van der Waals surface area contributed by atoms with Crippen molar-refractivity contribution in [3.05, 3.63) is 138 Å². The Morgan fingerprint density at radius 1 is 0.553 bits per heavy atom. The molecule has 0 radical (unpaired) electrons. The van der Waals surface area contributed by atoms with E-state index in [4.69, 9.17) is 0 Å². The maximum Gasteiger partial charge on any atom is 0.0543 e. The van der Waals surface area contributed by atoms with Crippen LogP contribution in [0.1, 0.15) is 106 Å². The highest BCUT2D eigenvalue weighted by atomic mass is 15.1. The van der Waals surface area contributed by atoms with E-state index in [1.54, 1.807) is 5.56 Å². The molecule has 3 unspecified atom stereocenters. The molecule has 0 aliphatic heterocycles. The normalized spacial score (nSPS) is 22.6. The van der Waals surface area contributed by atoms with Gasteiger partial charge >= 0.3 is 0 Å². The van der Waals surface area contributed by atoms with Crippen LogP contribution in [-0.2, 0) is 5.41 Å². The fourth-order valence-electron chi connectivity index (χ4n) is 10.1. The van der Waals surface area contributed by atoms with Crippen LogP contribution in [0.5, 0.6) is 0 Å². The van der Waals surface area contributed by atoms with Gasteiger partial charge in [-0.25, -0.2) is 0 Å². The predicted molar refractivity (Wildman–Crippen MR) is 198 cm³/mol. The van der Waals surface area contributed by atoms with Crippen molar-refractivity contribution in [2.45, 2.75) is 88.9 Å². The smallest absolute Gasteiger partial charge is 0.0543 e. The molecule has 3 atom stereocenters. The average Bonchev–Trinajstić information content (AvgIpc) is 3.82. The standard InChI is InChI=1S/C46H47N/c1-46(2)43-19-10-9-18-39(43)42-29-41(33-14-7-4-8-15-33)45(30-44(42)46)47(38-17-11-16-35(28-38)32-12-5-3-6-13-32)37-24-22-34(23-25-37)40-27-31-20-21-36(40)26-31/h4,7-11,14-19,22-25,28-32,36,40H,3,5-6,12-13,20-21,26-27H2,1-2H3. The van der Waals surface area contributed by atoms with E-state index < -0.39 is 0 Å². The molecule has 4 aliphatic rings. The largest absolute Gasteiger partial charge is 0.310 e. The molecule has 0 amide bonds. The van der Waals surface area contributed by atoms with E-state index in [1.807, 2.05) is 0 Å². The monoisotopic (exact) mass is 613 g/mol. The van der Waals surface area contributed by atoms with Crippen LogP contribution in [0.3, 0.4) is 0 Å². The molecule has 236 valence electrons. The molecule has 4 aliphatic carbocycles. The van der Waals surface area contributed by atoms with Gasteiger partial charge in [0.25, 0.3) is 0 Å². The van der Waals surface area contributed by atoms with Crippen molar-refractivity contribution in [1.82, 2.24) is 0 Å². The summed E-state index contributed by atoms with van der Waals surface area (Å²) in [6.07, 6.45) is 12.4. The molecule has 0 aromatic heterocycles. The molecular formula is C46H47N. The second kappa shape index (κ2) is 11.6. The number of nitrogens with zero attached hydrogens (tertiary/aromatic N) is 1. The number of fused-ring (bicyclic) bond motifs is 5. The summed E-state index contributed by atoms with van der Waals surface area (Å²) in [6, 6.07) is 44.5. The van der Waals surface area contributed by atoms with Gasteiger partial charge in [0.2, 0.25) is 0 Å². The molecule has 9 rings (SSSR count). The minimum Gasteiger partial charge on any atom is -0.310 e. The third-order valence-electron chi connectivity index (χ3n) is 12.5. The molecule has 0 heterocycles. The zero-order valence-corrected chi connectivity index (χ0v) is 28.1. The summed E-state index contributed by atoms with van der Waals surface area (Å²) >= 11 is 0. The Kier molecular flexibility index (Phi) is 7.14. The fraction of sp³-hybridized carbons (Fsp3) is 0.348.